The highest BCUT2D eigenvalue weighted by Gasteiger charge is 2.11. The molecular weight excluding hydrogens is 324 g/mol. The van der Waals surface area contributed by atoms with Gasteiger partial charge in [0.2, 0.25) is 5.91 Å². The van der Waals surface area contributed by atoms with Gasteiger partial charge in [0.15, 0.2) is 0 Å². The first-order chi connectivity index (χ1) is 7.00. The number of carbonyl (C=O) groups is 1. The molecule has 1 atom stereocenters. The zero-order valence-corrected chi connectivity index (χ0v) is 11.2. The molecule has 0 spiro atoms. The first-order valence-corrected chi connectivity index (χ1v) is 6.08. The van der Waals surface area contributed by atoms with Gasteiger partial charge < -0.3 is 11.5 Å². The molecule has 0 saturated heterocycles. The maximum atomic E-state index is 10.6. The van der Waals surface area contributed by atoms with Gasteiger partial charge in [-0.25, -0.2) is 0 Å². The van der Waals surface area contributed by atoms with E-state index in [1.54, 1.807) is 0 Å². The second-order valence-electron chi connectivity index (χ2n) is 3.28. The van der Waals surface area contributed by atoms with Gasteiger partial charge in [-0.15, -0.1) is 0 Å². The molecule has 1 rings (SSSR count). The summed E-state index contributed by atoms with van der Waals surface area (Å²) in [6.07, 6.45) is 0.866. The number of primary amides is 1. The smallest absolute Gasteiger partial charge is 0.217 e. The van der Waals surface area contributed by atoms with Crippen molar-refractivity contribution in [2.45, 2.75) is 18.9 Å². The summed E-state index contributed by atoms with van der Waals surface area (Å²) in [4.78, 5) is 10.6. The van der Waals surface area contributed by atoms with E-state index in [0.717, 1.165) is 14.5 Å². The number of carbonyl (C=O) groups excluding carboxylic acids is 1. The normalized spacial score (nSPS) is 12.5. The van der Waals surface area contributed by atoms with Crippen LogP contribution in [0.3, 0.4) is 0 Å². The highest BCUT2D eigenvalue weighted by Crippen LogP contribution is 2.27. The molecule has 0 fully saturated rings. The van der Waals surface area contributed by atoms with Crippen LogP contribution in [0, 0.1) is 0 Å². The third-order valence-corrected chi connectivity index (χ3v) is 3.27. The molecule has 0 aliphatic heterocycles. The van der Waals surface area contributed by atoms with Gasteiger partial charge >= 0.3 is 0 Å². The maximum absolute atomic E-state index is 10.6. The molecule has 0 aromatic heterocycles. The summed E-state index contributed by atoms with van der Waals surface area (Å²) in [7, 11) is 0. The van der Waals surface area contributed by atoms with Crippen LogP contribution in [0.25, 0.3) is 0 Å². The topological polar surface area (TPSA) is 69.1 Å². The van der Waals surface area contributed by atoms with E-state index in [4.69, 9.17) is 11.5 Å². The minimum atomic E-state index is -0.323. The molecule has 1 amide bonds. The Morgan fingerprint density at radius 1 is 1.40 bits per heavy atom. The van der Waals surface area contributed by atoms with E-state index >= 15 is 0 Å². The molecule has 1 aromatic rings. The zero-order chi connectivity index (χ0) is 11.4. The third-order valence-electron chi connectivity index (χ3n) is 2.06. The van der Waals surface area contributed by atoms with E-state index < -0.39 is 0 Å². The van der Waals surface area contributed by atoms with Crippen LogP contribution in [-0.2, 0) is 4.79 Å². The van der Waals surface area contributed by atoms with Crippen LogP contribution < -0.4 is 11.5 Å². The second kappa shape index (κ2) is 5.63. The summed E-state index contributed by atoms with van der Waals surface area (Å²) in [6.45, 7) is 0. The van der Waals surface area contributed by atoms with Gasteiger partial charge in [-0.3, -0.25) is 4.79 Å². The summed E-state index contributed by atoms with van der Waals surface area (Å²) in [6, 6.07) is 5.61. The molecule has 0 aliphatic carbocycles. The Morgan fingerprint density at radius 3 is 2.67 bits per heavy atom. The average molecular weight is 336 g/mol. The van der Waals surface area contributed by atoms with E-state index in [1.807, 2.05) is 18.2 Å². The van der Waals surface area contributed by atoms with Crippen molar-refractivity contribution >= 4 is 37.8 Å². The van der Waals surface area contributed by atoms with Crippen molar-refractivity contribution < 1.29 is 4.79 Å². The number of benzene rings is 1. The van der Waals surface area contributed by atoms with Gasteiger partial charge in [0, 0.05) is 21.4 Å². The molecule has 3 nitrogen and oxygen atoms in total. The zero-order valence-electron chi connectivity index (χ0n) is 8.04. The van der Waals surface area contributed by atoms with Crippen LogP contribution in [0.5, 0.6) is 0 Å². The first kappa shape index (κ1) is 12.7. The van der Waals surface area contributed by atoms with Gasteiger partial charge in [0.05, 0.1) is 0 Å². The molecule has 1 unspecified atom stereocenters. The number of amides is 1. The lowest BCUT2D eigenvalue weighted by molar-refractivity contribution is -0.118. The SMILES string of the molecule is NC(=O)CCC(N)c1cc(Br)ccc1Br. The average Bonchev–Trinajstić information content (AvgIpc) is 2.18. The lowest BCUT2D eigenvalue weighted by atomic mass is 10.0. The predicted octanol–water partition coefficient (Wildman–Crippen LogP) is 2.48. The van der Waals surface area contributed by atoms with E-state index in [2.05, 4.69) is 31.9 Å². The summed E-state index contributed by atoms with van der Waals surface area (Å²) in [5.41, 5.74) is 12.0. The number of rotatable bonds is 4. The van der Waals surface area contributed by atoms with Gasteiger partial charge in [-0.2, -0.15) is 0 Å². The molecule has 15 heavy (non-hydrogen) atoms. The van der Waals surface area contributed by atoms with Crippen LogP contribution in [-0.4, -0.2) is 5.91 Å². The van der Waals surface area contributed by atoms with E-state index in [1.165, 1.54) is 0 Å². The van der Waals surface area contributed by atoms with Crippen molar-refractivity contribution in [2.24, 2.45) is 11.5 Å². The van der Waals surface area contributed by atoms with Gasteiger partial charge in [-0.05, 0) is 30.2 Å². The van der Waals surface area contributed by atoms with Gasteiger partial charge in [0.1, 0.15) is 0 Å². The fraction of sp³-hybridized carbons (Fsp3) is 0.300. The lowest BCUT2D eigenvalue weighted by Crippen LogP contribution is -2.16. The predicted molar refractivity (Wildman–Crippen MR) is 67.2 cm³/mol. The Balaban J connectivity index is 2.76. The van der Waals surface area contributed by atoms with Crippen LogP contribution in [0.2, 0.25) is 0 Å². The third kappa shape index (κ3) is 3.93. The minimum Gasteiger partial charge on any atom is -0.370 e. The fourth-order valence-electron chi connectivity index (χ4n) is 1.25. The second-order valence-corrected chi connectivity index (χ2v) is 5.05. The molecule has 0 saturated carbocycles. The number of hydrogen-bond donors (Lipinski definition) is 2. The molecule has 1 aromatic carbocycles. The Hall–Kier alpha value is -0.390. The van der Waals surface area contributed by atoms with Crippen LogP contribution >= 0.6 is 31.9 Å². The monoisotopic (exact) mass is 334 g/mol. The van der Waals surface area contributed by atoms with Crippen molar-refractivity contribution in [2.75, 3.05) is 0 Å². The van der Waals surface area contributed by atoms with E-state index in [0.29, 0.717) is 12.8 Å². The van der Waals surface area contributed by atoms with Crippen molar-refractivity contribution in [3.63, 3.8) is 0 Å². The van der Waals surface area contributed by atoms with Crippen molar-refractivity contribution in [1.29, 1.82) is 0 Å². The first-order valence-electron chi connectivity index (χ1n) is 4.49. The maximum Gasteiger partial charge on any atom is 0.217 e. The standard InChI is InChI=1S/C10H12Br2N2O/c11-6-1-2-8(12)7(5-6)9(13)3-4-10(14)15/h1-2,5,9H,3-4,13H2,(H2,14,15). The van der Waals surface area contributed by atoms with Crippen molar-refractivity contribution in [3.8, 4) is 0 Å². The fourth-order valence-corrected chi connectivity index (χ4v) is 2.17. The lowest BCUT2D eigenvalue weighted by Gasteiger charge is -2.13. The highest BCUT2D eigenvalue weighted by atomic mass is 79.9. The number of hydrogen-bond acceptors (Lipinski definition) is 2. The van der Waals surface area contributed by atoms with Gasteiger partial charge in [-0.1, -0.05) is 31.9 Å². The molecule has 0 aliphatic rings. The van der Waals surface area contributed by atoms with E-state index in [-0.39, 0.29) is 11.9 Å². The van der Waals surface area contributed by atoms with Crippen molar-refractivity contribution in [3.05, 3.63) is 32.7 Å². The largest absolute Gasteiger partial charge is 0.370 e. The molecule has 0 radical (unpaired) electrons. The van der Waals surface area contributed by atoms with E-state index in [9.17, 15) is 4.79 Å². The van der Waals surface area contributed by atoms with Crippen LogP contribution in [0.4, 0.5) is 0 Å². The van der Waals surface area contributed by atoms with Gasteiger partial charge in [0.25, 0.3) is 0 Å². The highest BCUT2D eigenvalue weighted by molar-refractivity contribution is 9.11. The summed E-state index contributed by atoms with van der Waals surface area (Å²) >= 11 is 6.80. The summed E-state index contributed by atoms with van der Waals surface area (Å²) in [5.74, 6) is -0.323. The molecule has 0 bridgehead atoms. The Labute approximate surface area is 105 Å². The van der Waals surface area contributed by atoms with Crippen molar-refractivity contribution in [1.82, 2.24) is 0 Å². The molecule has 82 valence electrons. The summed E-state index contributed by atoms with van der Waals surface area (Å²) < 4.78 is 1.91. The molecule has 4 N–H and O–H groups in total. The van der Waals surface area contributed by atoms with Crippen LogP contribution in [0.15, 0.2) is 27.1 Å². The Kier molecular flexibility index (Phi) is 4.76. The number of halogens is 2. The quantitative estimate of drug-likeness (QED) is 0.887. The molecule has 5 heteroatoms. The number of nitrogens with two attached hydrogens (primary N) is 2. The molecular formula is C10H12Br2N2O. The minimum absolute atomic E-state index is 0.177. The Bertz CT molecular complexity index is 368. The Morgan fingerprint density at radius 2 is 2.07 bits per heavy atom. The molecule has 0 heterocycles. The summed E-state index contributed by atoms with van der Waals surface area (Å²) in [5, 5.41) is 0. The van der Waals surface area contributed by atoms with Crippen LogP contribution in [0.1, 0.15) is 24.4 Å².